The Morgan fingerprint density at radius 2 is 2.05 bits per heavy atom. The van der Waals surface area contributed by atoms with Crippen molar-refractivity contribution in [2.75, 3.05) is 19.6 Å². The molecule has 110 valence electrons. The van der Waals surface area contributed by atoms with Crippen LogP contribution < -0.4 is 5.32 Å². The van der Waals surface area contributed by atoms with Gasteiger partial charge in [0, 0.05) is 26.1 Å². The molecule has 0 saturated carbocycles. The highest BCUT2D eigenvalue weighted by atomic mass is 16.2. The largest absolute Gasteiger partial charge is 0.333 e. The van der Waals surface area contributed by atoms with Crippen LogP contribution in [0, 0.1) is 0 Å². The third kappa shape index (κ3) is 3.60. The average molecular weight is 274 g/mol. The Kier molecular flexibility index (Phi) is 5.60. The molecule has 0 aliphatic carbocycles. The molecule has 1 amide bonds. The first-order valence-electron chi connectivity index (χ1n) is 7.85. The van der Waals surface area contributed by atoms with Gasteiger partial charge < -0.3 is 10.2 Å². The van der Waals surface area contributed by atoms with Crippen molar-refractivity contribution in [3.8, 4) is 0 Å². The molecular weight excluding hydrogens is 248 g/mol. The molecule has 1 aromatic rings. The second-order valence-corrected chi connectivity index (χ2v) is 5.51. The summed E-state index contributed by atoms with van der Waals surface area (Å²) >= 11 is 0. The lowest BCUT2D eigenvalue weighted by atomic mass is 10.0. The van der Waals surface area contributed by atoms with Gasteiger partial charge >= 0.3 is 0 Å². The molecule has 1 aliphatic rings. The van der Waals surface area contributed by atoms with Crippen LogP contribution in [-0.2, 0) is 11.2 Å². The maximum Gasteiger partial charge on any atom is 0.223 e. The summed E-state index contributed by atoms with van der Waals surface area (Å²) in [5.74, 6) is 0.304. The molecule has 1 atom stereocenters. The number of piperazine rings is 1. The molecule has 1 N–H and O–H groups in total. The van der Waals surface area contributed by atoms with Crippen molar-refractivity contribution in [1.29, 1.82) is 0 Å². The normalized spacial score (nSPS) is 19.1. The van der Waals surface area contributed by atoms with Crippen molar-refractivity contribution in [2.24, 2.45) is 0 Å². The summed E-state index contributed by atoms with van der Waals surface area (Å²) in [4.78, 5) is 14.4. The van der Waals surface area contributed by atoms with Crippen molar-refractivity contribution < 1.29 is 4.79 Å². The van der Waals surface area contributed by atoms with Gasteiger partial charge in [0.2, 0.25) is 5.91 Å². The molecule has 1 aromatic carbocycles. The first kappa shape index (κ1) is 15.0. The number of carbonyl (C=O) groups is 1. The second kappa shape index (κ2) is 7.44. The fourth-order valence-electron chi connectivity index (χ4n) is 2.75. The zero-order valence-electron chi connectivity index (χ0n) is 12.7. The monoisotopic (exact) mass is 274 g/mol. The number of nitrogens with zero attached hydrogens (tertiary/aromatic N) is 1. The van der Waals surface area contributed by atoms with Gasteiger partial charge in [-0.25, -0.2) is 0 Å². The van der Waals surface area contributed by atoms with E-state index in [-0.39, 0.29) is 6.04 Å². The second-order valence-electron chi connectivity index (χ2n) is 5.51. The van der Waals surface area contributed by atoms with E-state index in [0.717, 1.165) is 38.9 Å². The molecule has 0 bridgehead atoms. The zero-order chi connectivity index (χ0) is 14.4. The van der Waals surface area contributed by atoms with E-state index in [1.165, 1.54) is 11.1 Å². The summed E-state index contributed by atoms with van der Waals surface area (Å²) in [6.45, 7) is 6.89. The fourth-order valence-corrected chi connectivity index (χ4v) is 2.75. The lowest BCUT2D eigenvalue weighted by Crippen LogP contribution is -2.48. The van der Waals surface area contributed by atoms with E-state index in [4.69, 9.17) is 0 Å². The van der Waals surface area contributed by atoms with Crippen molar-refractivity contribution in [1.82, 2.24) is 10.2 Å². The van der Waals surface area contributed by atoms with Gasteiger partial charge in [-0.2, -0.15) is 0 Å². The van der Waals surface area contributed by atoms with Crippen LogP contribution in [0.25, 0.3) is 0 Å². The molecule has 3 heteroatoms. The lowest BCUT2D eigenvalue weighted by molar-refractivity contribution is -0.134. The topological polar surface area (TPSA) is 32.3 Å². The smallest absolute Gasteiger partial charge is 0.223 e. The van der Waals surface area contributed by atoms with Crippen molar-refractivity contribution >= 4 is 5.91 Å². The van der Waals surface area contributed by atoms with Crippen molar-refractivity contribution in [3.05, 3.63) is 35.4 Å². The summed E-state index contributed by atoms with van der Waals surface area (Å²) in [6, 6.07) is 8.91. The Bertz CT molecular complexity index is 427. The fraction of sp³-hybridized carbons (Fsp3) is 0.588. The quantitative estimate of drug-likeness (QED) is 0.895. The standard InChI is InChI=1S/C17H26N2O/c1-3-5-6-17(20)19-12-11-18-13-16(19)15-9-7-14(4-2)8-10-15/h7-10,16,18H,3-6,11-13H2,1-2H3. The average Bonchev–Trinajstić information content (AvgIpc) is 2.52. The predicted molar refractivity (Wildman–Crippen MR) is 82.7 cm³/mol. The Morgan fingerprint density at radius 3 is 2.70 bits per heavy atom. The van der Waals surface area contributed by atoms with Crippen LogP contribution in [0.1, 0.15) is 50.3 Å². The number of benzene rings is 1. The highest BCUT2D eigenvalue weighted by molar-refractivity contribution is 5.76. The molecule has 1 aliphatic heterocycles. The van der Waals surface area contributed by atoms with Crippen molar-refractivity contribution in [3.63, 3.8) is 0 Å². The molecule has 20 heavy (non-hydrogen) atoms. The SMILES string of the molecule is CCCCC(=O)N1CCNCC1c1ccc(CC)cc1. The van der Waals surface area contributed by atoms with Gasteiger partial charge in [0.1, 0.15) is 0 Å². The lowest BCUT2D eigenvalue weighted by Gasteiger charge is -2.36. The van der Waals surface area contributed by atoms with Crippen molar-refractivity contribution in [2.45, 2.75) is 45.6 Å². The maximum atomic E-state index is 12.4. The number of nitrogens with one attached hydrogen (secondary N) is 1. The van der Waals surface area contributed by atoms with Gasteiger partial charge in [-0.05, 0) is 24.0 Å². The van der Waals surface area contributed by atoms with Crippen LogP contribution in [-0.4, -0.2) is 30.4 Å². The summed E-state index contributed by atoms with van der Waals surface area (Å²) in [7, 11) is 0. The molecule has 0 radical (unpaired) electrons. The summed E-state index contributed by atoms with van der Waals surface area (Å²) in [6.07, 6.45) is 3.81. The minimum atomic E-state index is 0.194. The highest BCUT2D eigenvalue weighted by Gasteiger charge is 2.27. The minimum absolute atomic E-state index is 0.194. The van der Waals surface area contributed by atoms with Crippen LogP contribution >= 0.6 is 0 Å². The molecule has 1 unspecified atom stereocenters. The maximum absolute atomic E-state index is 12.4. The van der Waals surface area contributed by atoms with Gasteiger partial charge in [-0.3, -0.25) is 4.79 Å². The zero-order valence-corrected chi connectivity index (χ0v) is 12.7. The number of carbonyl (C=O) groups excluding carboxylic acids is 1. The van der Waals surface area contributed by atoms with Crippen LogP contribution in [0.3, 0.4) is 0 Å². The molecule has 1 saturated heterocycles. The van der Waals surface area contributed by atoms with E-state index in [0.29, 0.717) is 12.3 Å². The third-order valence-electron chi connectivity index (χ3n) is 4.08. The van der Waals surface area contributed by atoms with E-state index < -0.39 is 0 Å². The van der Waals surface area contributed by atoms with Crippen LogP contribution in [0.4, 0.5) is 0 Å². The van der Waals surface area contributed by atoms with Crippen LogP contribution in [0.15, 0.2) is 24.3 Å². The summed E-state index contributed by atoms with van der Waals surface area (Å²) < 4.78 is 0. The molecular formula is C17H26N2O. The first-order chi connectivity index (χ1) is 9.76. The van der Waals surface area contributed by atoms with E-state index in [2.05, 4.69) is 48.3 Å². The number of hydrogen-bond donors (Lipinski definition) is 1. The van der Waals surface area contributed by atoms with Gasteiger partial charge in [-0.1, -0.05) is 44.5 Å². The Labute approximate surface area is 122 Å². The molecule has 0 spiro atoms. The molecule has 1 fully saturated rings. The van der Waals surface area contributed by atoms with E-state index in [1.807, 2.05) is 0 Å². The summed E-state index contributed by atoms with van der Waals surface area (Å²) in [5, 5.41) is 3.41. The van der Waals surface area contributed by atoms with Gasteiger partial charge in [0.15, 0.2) is 0 Å². The third-order valence-corrected chi connectivity index (χ3v) is 4.08. The predicted octanol–water partition coefficient (Wildman–Crippen LogP) is 2.91. The number of unbranched alkanes of at least 4 members (excludes halogenated alkanes) is 1. The molecule has 3 nitrogen and oxygen atoms in total. The van der Waals surface area contributed by atoms with E-state index in [9.17, 15) is 4.79 Å². The Balaban J connectivity index is 2.10. The van der Waals surface area contributed by atoms with Gasteiger partial charge in [-0.15, -0.1) is 0 Å². The minimum Gasteiger partial charge on any atom is -0.333 e. The highest BCUT2D eigenvalue weighted by Crippen LogP contribution is 2.24. The van der Waals surface area contributed by atoms with E-state index >= 15 is 0 Å². The summed E-state index contributed by atoms with van der Waals surface area (Å²) in [5.41, 5.74) is 2.60. The number of hydrogen-bond acceptors (Lipinski definition) is 2. The molecule has 1 heterocycles. The van der Waals surface area contributed by atoms with E-state index in [1.54, 1.807) is 0 Å². The van der Waals surface area contributed by atoms with Gasteiger partial charge in [0.05, 0.1) is 6.04 Å². The molecule has 2 rings (SSSR count). The molecule has 0 aromatic heterocycles. The van der Waals surface area contributed by atoms with Crippen LogP contribution in [0.5, 0.6) is 0 Å². The first-order valence-corrected chi connectivity index (χ1v) is 7.85. The van der Waals surface area contributed by atoms with Crippen LogP contribution in [0.2, 0.25) is 0 Å². The number of amides is 1. The Morgan fingerprint density at radius 1 is 1.30 bits per heavy atom. The number of rotatable bonds is 5. The van der Waals surface area contributed by atoms with Gasteiger partial charge in [0.25, 0.3) is 0 Å². The number of aryl methyl sites for hydroxylation is 1. The Hall–Kier alpha value is -1.35.